The van der Waals surface area contributed by atoms with Gasteiger partial charge in [-0.15, -0.1) is 0 Å². The molecule has 0 aliphatic heterocycles. The van der Waals surface area contributed by atoms with Gasteiger partial charge in [0.2, 0.25) is 0 Å². The Morgan fingerprint density at radius 1 is 0.808 bits per heavy atom. The number of carbonyl (C=O) groups is 1. The Bertz CT molecular complexity index is 946. The Labute approximate surface area is 153 Å². The van der Waals surface area contributed by atoms with Gasteiger partial charge in [-0.3, -0.25) is 4.79 Å². The van der Waals surface area contributed by atoms with Crippen molar-refractivity contribution in [2.45, 2.75) is 27.7 Å². The van der Waals surface area contributed by atoms with Crippen molar-refractivity contribution in [2.24, 2.45) is 0 Å². The average Bonchev–Trinajstić information content (AvgIpc) is 2.53. The molecule has 0 aliphatic carbocycles. The Morgan fingerprint density at radius 3 is 2.19 bits per heavy atom. The molecule has 3 aromatic rings. The molecule has 132 valence electrons. The molecule has 1 heterocycles. The highest BCUT2D eigenvalue weighted by Gasteiger charge is 2.11. The molecule has 0 radical (unpaired) electrons. The van der Waals surface area contributed by atoms with Crippen LogP contribution in [0.15, 0.2) is 48.5 Å². The fourth-order valence-corrected chi connectivity index (χ4v) is 2.86. The lowest BCUT2D eigenvalue weighted by Crippen LogP contribution is -2.15. The van der Waals surface area contributed by atoms with Crippen LogP contribution in [-0.2, 0) is 0 Å². The van der Waals surface area contributed by atoms with Crippen LogP contribution in [0.2, 0.25) is 0 Å². The van der Waals surface area contributed by atoms with Gasteiger partial charge in [0.25, 0.3) is 5.91 Å². The maximum atomic E-state index is 12.6. The number of anilines is 3. The van der Waals surface area contributed by atoms with Crippen molar-refractivity contribution >= 4 is 23.1 Å². The molecule has 0 bridgehead atoms. The molecular weight excluding hydrogens is 324 g/mol. The number of nitrogens with one attached hydrogen (secondary N) is 2. The van der Waals surface area contributed by atoms with Gasteiger partial charge in [0.15, 0.2) is 0 Å². The SMILES string of the molecule is Cc1cccc(NC(=O)c2cc(Nc3cc(C)cc(C)c3)nc(C)n2)c1. The van der Waals surface area contributed by atoms with Crippen molar-refractivity contribution < 1.29 is 4.79 Å². The molecule has 26 heavy (non-hydrogen) atoms. The van der Waals surface area contributed by atoms with Crippen LogP contribution < -0.4 is 10.6 Å². The van der Waals surface area contributed by atoms with Gasteiger partial charge in [0, 0.05) is 17.4 Å². The first kappa shape index (κ1) is 17.6. The maximum Gasteiger partial charge on any atom is 0.274 e. The molecule has 0 spiro atoms. The van der Waals surface area contributed by atoms with E-state index in [4.69, 9.17) is 0 Å². The van der Waals surface area contributed by atoms with Crippen molar-refractivity contribution in [2.75, 3.05) is 10.6 Å². The topological polar surface area (TPSA) is 66.9 Å². The lowest BCUT2D eigenvalue weighted by atomic mass is 10.1. The number of nitrogens with zero attached hydrogens (tertiary/aromatic N) is 2. The Hall–Kier alpha value is -3.21. The van der Waals surface area contributed by atoms with Crippen molar-refractivity contribution in [1.29, 1.82) is 0 Å². The Morgan fingerprint density at radius 2 is 1.50 bits per heavy atom. The number of benzene rings is 2. The Balaban J connectivity index is 1.83. The van der Waals surface area contributed by atoms with Gasteiger partial charge in [0.1, 0.15) is 17.3 Å². The van der Waals surface area contributed by atoms with Gasteiger partial charge in [-0.25, -0.2) is 9.97 Å². The molecule has 5 heteroatoms. The van der Waals surface area contributed by atoms with E-state index in [9.17, 15) is 4.79 Å². The molecule has 3 rings (SSSR count). The predicted molar refractivity (Wildman–Crippen MR) is 105 cm³/mol. The van der Waals surface area contributed by atoms with E-state index in [1.54, 1.807) is 13.0 Å². The van der Waals surface area contributed by atoms with Crippen molar-refractivity contribution in [3.63, 3.8) is 0 Å². The summed E-state index contributed by atoms with van der Waals surface area (Å²) in [5.74, 6) is 0.871. The fourth-order valence-electron chi connectivity index (χ4n) is 2.86. The third-order valence-corrected chi connectivity index (χ3v) is 3.84. The number of amides is 1. The molecule has 1 aromatic heterocycles. The normalized spacial score (nSPS) is 10.5. The van der Waals surface area contributed by atoms with E-state index < -0.39 is 0 Å². The molecule has 0 fully saturated rings. The zero-order valence-corrected chi connectivity index (χ0v) is 15.4. The van der Waals surface area contributed by atoms with Crippen LogP contribution in [0.5, 0.6) is 0 Å². The van der Waals surface area contributed by atoms with Gasteiger partial charge >= 0.3 is 0 Å². The average molecular weight is 346 g/mol. The van der Waals surface area contributed by atoms with Crippen LogP contribution in [0, 0.1) is 27.7 Å². The lowest BCUT2D eigenvalue weighted by molar-refractivity contribution is 0.102. The van der Waals surface area contributed by atoms with Crippen molar-refractivity contribution in [3.8, 4) is 0 Å². The highest BCUT2D eigenvalue weighted by atomic mass is 16.1. The molecular formula is C21H22N4O. The summed E-state index contributed by atoms with van der Waals surface area (Å²) in [6.07, 6.45) is 0. The quantitative estimate of drug-likeness (QED) is 0.718. The second-order valence-electron chi connectivity index (χ2n) is 6.51. The molecule has 1 amide bonds. The van der Waals surface area contributed by atoms with Crippen LogP contribution in [-0.4, -0.2) is 15.9 Å². The van der Waals surface area contributed by atoms with E-state index in [1.807, 2.05) is 57.2 Å². The zero-order valence-electron chi connectivity index (χ0n) is 15.4. The highest BCUT2D eigenvalue weighted by Crippen LogP contribution is 2.19. The molecule has 0 atom stereocenters. The second-order valence-corrected chi connectivity index (χ2v) is 6.51. The van der Waals surface area contributed by atoms with Crippen LogP contribution in [0.4, 0.5) is 17.2 Å². The van der Waals surface area contributed by atoms with E-state index in [0.29, 0.717) is 17.3 Å². The summed E-state index contributed by atoms with van der Waals surface area (Å²) in [5, 5.41) is 6.14. The molecule has 0 aliphatic rings. The maximum absolute atomic E-state index is 12.6. The van der Waals surface area contributed by atoms with Crippen molar-refractivity contribution in [1.82, 2.24) is 9.97 Å². The standard InChI is InChI=1S/C21H22N4O/c1-13-6-5-7-17(9-13)25-21(26)19-12-20(23-16(4)22-19)24-18-10-14(2)8-15(3)11-18/h5-12H,1-4H3,(H,25,26)(H,22,23,24). The molecule has 2 aromatic carbocycles. The van der Waals surface area contributed by atoms with Crippen LogP contribution in [0.25, 0.3) is 0 Å². The zero-order chi connectivity index (χ0) is 18.7. The Kier molecular flexibility index (Phi) is 4.98. The predicted octanol–water partition coefficient (Wildman–Crippen LogP) is 4.71. The first-order valence-electron chi connectivity index (χ1n) is 8.48. The number of rotatable bonds is 4. The van der Waals surface area contributed by atoms with Crippen LogP contribution in [0.3, 0.4) is 0 Å². The third kappa shape index (κ3) is 4.45. The van der Waals surface area contributed by atoms with Gasteiger partial charge in [-0.05, 0) is 68.7 Å². The van der Waals surface area contributed by atoms with E-state index >= 15 is 0 Å². The van der Waals surface area contributed by atoms with E-state index in [0.717, 1.165) is 28.1 Å². The number of aromatic nitrogens is 2. The summed E-state index contributed by atoms with van der Waals surface area (Å²) in [5.41, 5.74) is 5.41. The molecule has 0 unspecified atom stereocenters. The summed E-state index contributed by atoms with van der Waals surface area (Å²) < 4.78 is 0. The summed E-state index contributed by atoms with van der Waals surface area (Å²) in [7, 11) is 0. The van der Waals surface area contributed by atoms with Crippen molar-refractivity contribution in [3.05, 3.63) is 76.7 Å². The van der Waals surface area contributed by atoms with Gasteiger partial charge < -0.3 is 10.6 Å². The van der Waals surface area contributed by atoms with E-state index in [2.05, 4.69) is 26.7 Å². The fraction of sp³-hybridized carbons (Fsp3) is 0.190. The number of carbonyl (C=O) groups excluding carboxylic acids is 1. The molecule has 5 nitrogen and oxygen atoms in total. The van der Waals surface area contributed by atoms with Gasteiger partial charge in [-0.1, -0.05) is 18.2 Å². The third-order valence-electron chi connectivity index (χ3n) is 3.84. The smallest absolute Gasteiger partial charge is 0.274 e. The van der Waals surface area contributed by atoms with E-state index in [-0.39, 0.29) is 5.91 Å². The van der Waals surface area contributed by atoms with Crippen LogP contribution in [0.1, 0.15) is 33.0 Å². The number of aryl methyl sites for hydroxylation is 4. The van der Waals surface area contributed by atoms with Gasteiger partial charge in [-0.2, -0.15) is 0 Å². The first-order valence-corrected chi connectivity index (χ1v) is 8.48. The first-order chi connectivity index (χ1) is 12.4. The minimum atomic E-state index is -0.260. The minimum Gasteiger partial charge on any atom is -0.340 e. The minimum absolute atomic E-state index is 0.260. The summed E-state index contributed by atoms with van der Waals surface area (Å²) in [4.78, 5) is 21.2. The second kappa shape index (κ2) is 7.35. The highest BCUT2D eigenvalue weighted by molar-refractivity contribution is 6.03. The largest absolute Gasteiger partial charge is 0.340 e. The number of hydrogen-bond donors (Lipinski definition) is 2. The lowest BCUT2D eigenvalue weighted by Gasteiger charge is -2.11. The molecule has 0 saturated heterocycles. The van der Waals surface area contributed by atoms with Gasteiger partial charge in [0.05, 0.1) is 0 Å². The van der Waals surface area contributed by atoms with E-state index in [1.165, 1.54) is 0 Å². The monoisotopic (exact) mass is 346 g/mol. The number of hydrogen-bond acceptors (Lipinski definition) is 4. The summed E-state index contributed by atoms with van der Waals surface area (Å²) in [6, 6.07) is 15.5. The summed E-state index contributed by atoms with van der Waals surface area (Å²) >= 11 is 0. The van der Waals surface area contributed by atoms with Crippen LogP contribution >= 0.6 is 0 Å². The molecule has 0 saturated carbocycles. The summed E-state index contributed by atoms with van der Waals surface area (Å²) in [6.45, 7) is 7.85. The molecule has 2 N–H and O–H groups in total.